The number of hydrogen-bond donors (Lipinski definition) is 4. The predicted molar refractivity (Wildman–Crippen MR) is 122 cm³/mol. The SMILES string of the molecule is COC1(c2ccc(C)c(Cc3ccc(-c4ccc(F)cc4)s3)c2)O[C@H](CO)C(O)C(O)C1O. The third-order valence-corrected chi connectivity index (χ3v) is 7.29. The first-order valence-corrected chi connectivity index (χ1v) is 11.4. The van der Waals surface area contributed by atoms with E-state index in [4.69, 9.17) is 9.47 Å². The van der Waals surface area contributed by atoms with Gasteiger partial charge < -0.3 is 29.9 Å². The molecule has 2 heterocycles. The normalized spacial score (nSPS) is 27.6. The van der Waals surface area contributed by atoms with E-state index in [2.05, 4.69) is 0 Å². The van der Waals surface area contributed by atoms with Crippen molar-refractivity contribution < 1.29 is 34.3 Å². The Bertz CT molecular complexity index is 1100. The summed E-state index contributed by atoms with van der Waals surface area (Å²) in [7, 11) is 1.34. The van der Waals surface area contributed by atoms with Crippen LogP contribution in [-0.4, -0.2) is 58.6 Å². The lowest BCUT2D eigenvalue weighted by Gasteiger charge is -2.47. The van der Waals surface area contributed by atoms with Crippen molar-refractivity contribution in [2.24, 2.45) is 0 Å². The molecule has 0 saturated carbocycles. The van der Waals surface area contributed by atoms with Crippen molar-refractivity contribution in [3.8, 4) is 10.4 Å². The summed E-state index contributed by atoms with van der Waals surface area (Å²) in [5, 5.41) is 40.8. The minimum atomic E-state index is -1.75. The van der Waals surface area contributed by atoms with Crippen molar-refractivity contribution in [1.29, 1.82) is 0 Å². The summed E-state index contributed by atoms with van der Waals surface area (Å²) in [6.45, 7) is 1.43. The molecule has 0 amide bonds. The molecule has 33 heavy (non-hydrogen) atoms. The first-order chi connectivity index (χ1) is 15.8. The first kappa shape index (κ1) is 24.0. The number of rotatable bonds is 6. The number of aliphatic hydroxyl groups excluding tert-OH is 4. The third kappa shape index (κ3) is 4.48. The van der Waals surface area contributed by atoms with E-state index in [1.54, 1.807) is 29.5 Å². The van der Waals surface area contributed by atoms with Crippen LogP contribution in [0.15, 0.2) is 54.6 Å². The fourth-order valence-corrected chi connectivity index (χ4v) is 5.21. The zero-order valence-electron chi connectivity index (χ0n) is 18.3. The molecular formula is C25H27FO6S. The van der Waals surface area contributed by atoms with E-state index in [1.165, 1.54) is 19.2 Å². The van der Waals surface area contributed by atoms with Gasteiger partial charge in [0.15, 0.2) is 0 Å². The van der Waals surface area contributed by atoms with Crippen LogP contribution in [0.2, 0.25) is 0 Å². The maximum atomic E-state index is 13.2. The van der Waals surface area contributed by atoms with Gasteiger partial charge in [-0.1, -0.05) is 24.3 Å². The lowest BCUT2D eigenvalue weighted by molar-refractivity contribution is -0.366. The number of methoxy groups -OCH3 is 1. The van der Waals surface area contributed by atoms with Gasteiger partial charge in [0.25, 0.3) is 0 Å². The summed E-state index contributed by atoms with van der Waals surface area (Å²) >= 11 is 1.61. The van der Waals surface area contributed by atoms with E-state index in [9.17, 15) is 24.8 Å². The van der Waals surface area contributed by atoms with E-state index in [-0.39, 0.29) is 5.82 Å². The number of benzene rings is 2. The molecule has 1 fully saturated rings. The number of hydrogen-bond acceptors (Lipinski definition) is 7. The summed E-state index contributed by atoms with van der Waals surface area (Å²) < 4.78 is 24.6. The topological polar surface area (TPSA) is 99.4 Å². The zero-order valence-corrected chi connectivity index (χ0v) is 19.1. The molecule has 0 bridgehead atoms. The van der Waals surface area contributed by atoms with Gasteiger partial charge >= 0.3 is 0 Å². The number of halogens is 1. The van der Waals surface area contributed by atoms with Crippen LogP contribution >= 0.6 is 11.3 Å². The van der Waals surface area contributed by atoms with Crippen LogP contribution in [-0.2, 0) is 21.7 Å². The summed E-state index contributed by atoms with van der Waals surface area (Å²) in [4.78, 5) is 2.12. The number of aliphatic hydroxyl groups is 4. The molecule has 4 N–H and O–H groups in total. The largest absolute Gasteiger partial charge is 0.394 e. The van der Waals surface area contributed by atoms with Gasteiger partial charge in [0.2, 0.25) is 5.79 Å². The predicted octanol–water partition coefficient (Wildman–Crippen LogP) is 2.73. The second kappa shape index (κ2) is 9.60. The highest BCUT2D eigenvalue weighted by Crippen LogP contribution is 2.40. The van der Waals surface area contributed by atoms with Crippen molar-refractivity contribution in [2.75, 3.05) is 13.7 Å². The number of aryl methyl sites for hydroxylation is 1. The molecule has 176 valence electrons. The van der Waals surface area contributed by atoms with Gasteiger partial charge in [-0.2, -0.15) is 0 Å². The molecule has 1 aliphatic rings. The van der Waals surface area contributed by atoms with Gasteiger partial charge in [-0.25, -0.2) is 4.39 Å². The van der Waals surface area contributed by atoms with Gasteiger partial charge in [0.05, 0.1) is 6.61 Å². The molecule has 3 aromatic rings. The summed E-state index contributed by atoms with van der Waals surface area (Å²) in [5.41, 5.74) is 3.40. The minimum Gasteiger partial charge on any atom is -0.394 e. The summed E-state index contributed by atoms with van der Waals surface area (Å²) in [6.07, 6.45) is -5.09. The van der Waals surface area contributed by atoms with Crippen LogP contribution in [0.3, 0.4) is 0 Å². The molecule has 0 aliphatic carbocycles. The molecule has 4 unspecified atom stereocenters. The van der Waals surface area contributed by atoms with Gasteiger partial charge in [-0.15, -0.1) is 11.3 Å². The lowest BCUT2D eigenvalue weighted by Crippen LogP contribution is -2.64. The highest BCUT2D eigenvalue weighted by atomic mass is 32.1. The van der Waals surface area contributed by atoms with Crippen LogP contribution in [0.5, 0.6) is 0 Å². The fraction of sp³-hybridized carbons (Fsp3) is 0.360. The molecule has 5 atom stereocenters. The minimum absolute atomic E-state index is 0.275. The van der Waals surface area contributed by atoms with Gasteiger partial charge in [-0.05, 0) is 53.9 Å². The molecule has 0 radical (unpaired) electrons. The molecule has 0 spiro atoms. The Hall–Kier alpha value is -2.17. The molecule has 6 nitrogen and oxygen atoms in total. The van der Waals surface area contributed by atoms with E-state index in [0.717, 1.165) is 26.4 Å². The number of thiophene rings is 1. The van der Waals surface area contributed by atoms with Crippen molar-refractivity contribution in [1.82, 2.24) is 0 Å². The van der Waals surface area contributed by atoms with Gasteiger partial charge in [0, 0.05) is 28.8 Å². The second-order valence-electron chi connectivity index (χ2n) is 8.23. The van der Waals surface area contributed by atoms with Crippen molar-refractivity contribution >= 4 is 11.3 Å². The van der Waals surface area contributed by atoms with Crippen molar-refractivity contribution in [2.45, 2.75) is 43.5 Å². The van der Waals surface area contributed by atoms with E-state index in [1.807, 2.05) is 31.2 Å². The maximum Gasteiger partial charge on any atom is 0.224 e. The third-order valence-electron chi connectivity index (χ3n) is 6.16. The summed E-state index contributed by atoms with van der Waals surface area (Å²) in [5.74, 6) is -2.02. The second-order valence-corrected chi connectivity index (χ2v) is 9.40. The van der Waals surface area contributed by atoms with Crippen LogP contribution in [0.25, 0.3) is 10.4 Å². The quantitative estimate of drug-likeness (QED) is 0.439. The molecular weight excluding hydrogens is 447 g/mol. The lowest BCUT2D eigenvalue weighted by atomic mass is 9.86. The maximum absolute atomic E-state index is 13.2. The van der Waals surface area contributed by atoms with E-state index in [0.29, 0.717) is 12.0 Å². The molecule has 4 rings (SSSR count). The molecule has 8 heteroatoms. The first-order valence-electron chi connectivity index (χ1n) is 10.6. The average Bonchev–Trinajstić information content (AvgIpc) is 3.29. The highest BCUT2D eigenvalue weighted by molar-refractivity contribution is 7.15. The van der Waals surface area contributed by atoms with Gasteiger partial charge in [-0.3, -0.25) is 0 Å². The fourth-order valence-electron chi connectivity index (χ4n) is 4.18. The molecule has 1 saturated heterocycles. The van der Waals surface area contributed by atoms with Gasteiger partial charge in [0.1, 0.15) is 30.2 Å². The smallest absolute Gasteiger partial charge is 0.224 e. The Balaban J connectivity index is 1.65. The molecule has 1 aliphatic heterocycles. The zero-order chi connectivity index (χ0) is 23.8. The summed E-state index contributed by atoms with van der Waals surface area (Å²) in [6, 6.07) is 15.9. The number of ether oxygens (including phenoxy) is 2. The average molecular weight is 475 g/mol. The van der Waals surface area contributed by atoms with Crippen molar-refractivity contribution in [3.63, 3.8) is 0 Å². The van der Waals surface area contributed by atoms with Crippen molar-refractivity contribution in [3.05, 3.63) is 82.0 Å². The molecule has 1 aromatic heterocycles. The Morgan fingerprint density at radius 1 is 1.03 bits per heavy atom. The Morgan fingerprint density at radius 3 is 2.42 bits per heavy atom. The Kier molecular flexibility index (Phi) is 6.97. The van der Waals surface area contributed by atoms with E-state index >= 15 is 0 Å². The Morgan fingerprint density at radius 2 is 1.76 bits per heavy atom. The van der Waals surface area contributed by atoms with Crippen LogP contribution in [0.4, 0.5) is 4.39 Å². The highest BCUT2D eigenvalue weighted by Gasteiger charge is 2.55. The Labute approximate surface area is 195 Å². The van der Waals surface area contributed by atoms with Crippen LogP contribution < -0.4 is 0 Å². The van der Waals surface area contributed by atoms with Crippen LogP contribution in [0.1, 0.15) is 21.6 Å². The monoisotopic (exact) mass is 474 g/mol. The standard InChI is InChI=1S/C25H27FO6S/c1-14-3-6-17(25(31-2)24(30)23(29)22(28)20(13-27)32-25)11-16(14)12-19-9-10-21(33-19)15-4-7-18(26)8-5-15/h3-11,20,22-24,27-30H,12-13H2,1-2H3/t20-,22?,23?,24?,25?/m1/s1. The molecule has 2 aromatic carbocycles. The van der Waals surface area contributed by atoms with Crippen LogP contribution in [0, 0.1) is 12.7 Å². The van der Waals surface area contributed by atoms with E-state index < -0.39 is 36.8 Å².